The van der Waals surface area contributed by atoms with Gasteiger partial charge in [0.15, 0.2) is 0 Å². The maximum Gasteiger partial charge on any atom is 0.266 e. The number of aryl methyl sites for hydroxylation is 1. The number of hydrogen-bond donors (Lipinski definition) is 3. The van der Waals surface area contributed by atoms with Crippen molar-refractivity contribution in [1.82, 2.24) is 29.9 Å². The number of benzene rings is 1. The molecule has 0 radical (unpaired) electrons. The minimum Gasteiger partial charge on any atom is -0.364 e. The summed E-state index contributed by atoms with van der Waals surface area (Å²) >= 11 is 0. The summed E-state index contributed by atoms with van der Waals surface area (Å²) in [5, 5.41) is 10.5. The van der Waals surface area contributed by atoms with E-state index in [4.69, 9.17) is 5.73 Å². The second-order valence-corrected chi connectivity index (χ2v) is 12.6. The Morgan fingerprint density at radius 1 is 0.936 bits per heavy atom. The van der Waals surface area contributed by atoms with Crippen LogP contribution in [0.4, 0.5) is 5.69 Å². The van der Waals surface area contributed by atoms with Gasteiger partial charge in [-0.15, -0.1) is 0 Å². The van der Waals surface area contributed by atoms with Crippen LogP contribution in [0.2, 0.25) is 0 Å². The van der Waals surface area contributed by atoms with Crippen molar-refractivity contribution in [2.24, 2.45) is 18.7 Å². The fourth-order valence-corrected chi connectivity index (χ4v) is 6.70. The Labute approximate surface area is 276 Å². The van der Waals surface area contributed by atoms with E-state index in [1.807, 2.05) is 41.3 Å². The number of piperazine rings is 1. The van der Waals surface area contributed by atoms with Gasteiger partial charge in [-0.05, 0) is 60.2 Å². The standard InChI is InChI=1S/C35H46N8O4/c1-3-31(44)39-29(35(47)43-19-17-42(18-20-43)23-25-13-15-37-16-14-25)21-24-9-11-27(12-10-24)38-34(46)32(26-7-5-4-6-8-26)28-22-30(33(36)45)41(2)40-28/h9-16,22,26,29,32H,3-8,17-21,23H2,1-2H3,(H2,36,45)(H,38,46)(H,39,44)/t29-,32+/m1/s1. The predicted molar refractivity (Wildman–Crippen MR) is 178 cm³/mol. The Morgan fingerprint density at radius 2 is 1.62 bits per heavy atom. The molecule has 0 unspecified atom stereocenters. The van der Waals surface area contributed by atoms with Crippen molar-refractivity contribution in [2.45, 2.75) is 70.4 Å². The largest absolute Gasteiger partial charge is 0.364 e. The molecule has 2 atom stereocenters. The topological polar surface area (TPSA) is 156 Å². The van der Waals surface area contributed by atoms with Gasteiger partial charge >= 0.3 is 0 Å². The molecule has 2 aromatic heterocycles. The molecular formula is C35H46N8O4. The van der Waals surface area contributed by atoms with E-state index in [2.05, 4.69) is 25.6 Å². The summed E-state index contributed by atoms with van der Waals surface area (Å²) in [5.41, 5.74) is 9.02. The molecule has 3 heterocycles. The number of amides is 4. The first kappa shape index (κ1) is 33.8. The molecule has 47 heavy (non-hydrogen) atoms. The molecule has 0 bridgehead atoms. The Bertz CT molecular complexity index is 1530. The van der Waals surface area contributed by atoms with Crippen LogP contribution in [-0.4, -0.2) is 80.4 Å². The molecular weight excluding hydrogens is 596 g/mol. The SMILES string of the molecule is CCC(=O)N[C@H](Cc1ccc(NC(=O)[C@H](c2cc(C(N)=O)n(C)n2)C2CCCCC2)cc1)C(=O)N1CCN(Cc2ccncc2)CC1. The average Bonchev–Trinajstić information content (AvgIpc) is 3.47. The van der Waals surface area contributed by atoms with E-state index in [-0.39, 0.29) is 35.8 Å². The number of carbonyl (C=O) groups is 4. The molecule has 4 amide bonds. The summed E-state index contributed by atoms with van der Waals surface area (Å²) in [7, 11) is 1.66. The molecule has 250 valence electrons. The molecule has 1 aliphatic heterocycles. The van der Waals surface area contributed by atoms with Crippen molar-refractivity contribution >= 4 is 29.3 Å². The highest BCUT2D eigenvalue weighted by Gasteiger charge is 2.34. The van der Waals surface area contributed by atoms with Crippen LogP contribution in [0, 0.1) is 5.92 Å². The predicted octanol–water partition coefficient (Wildman–Crippen LogP) is 3.00. The fraction of sp³-hybridized carbons (Fsp3) is 0.486. The lowest BCUT2D eigenvalue weighted by molar-refractivity contribution is -0.138. The first-order valence-electron chi connectivity index (χ1n) is 16.6. The summed E-state index contributed by atoms with van der Waals surface area (Å²) in [6, 6.07) is 12.3. The molecule has 4 N–H and O–H groups in total. The van der Waals surface area contributed by atoms with Crippen molar-refractivity contribution < 1.29 is 19.2 Å². The number of primary amides is 1. The molecule has 1 saturated heterocycles. The smallest absolute Gasteiger partial charge is 0.266 e. The molecule has 1 aliphatic carbocycles. The van der Waals surface area contributed by atoms with Crippen LogP contribution in [0.25, 0.3) is 0 Å². The minimum absolute atomic E-state index is 0.0891. The molecule has 5 rings (SSSR count). The molecule has 3 aromatic rings. The Hall–Kier alpha value is -4.58. The summed E-state index contributed by atoms with van der Waals surface area (Å²) in [4.78, 5) is 59.9. The Morgan fingerprint density at radius 3 is 2.23 bits per heavy atom. The molecule has 2 fully saturated rings. The van der Waals surface area contributed by atoms with Crippen molar-refractivity contribution in [3.63, 3.8) is 0 Å². The van der Waals surface area contributed by atoms with Gasteiger partial charge < -0.3 is 21.3 Å². The van der Waals surface area contributed by atoms with E-state index in [1.54, 1.807) is 32.4 Å². The molecule has 12 heteroatoms. The summed E-state index contributed by atoms with van der Waals surface area (Å²) in [6.07, 6.45) is 9.27. The quantitative estimate of drug-likeness (QED) is 0.274. The molecule has 1 saturated carbocycles. The maximum absolute atomic E-state index is 13.7. The van der Waals surface area contributed by atoms with E-state index in [9.17, 15) is 19.2 Å². The van der Waals surface area contributed by atoms with Crippen molar-refractivity contribution in [3.8, 4) is 0 Å². The highest BCUT2D eigenvalue weighted by molar-refractivity contribution is 5.97. The van der Waals surface area contributed by atoms with Crippen LogP contribution in [0.15, 0.2) is 54.9 Å². The number of carbonyl (C=O) groups excluding carboxylic acids is 4. The van der Waals surface area contributed by atoms with Crippen LogP contribution in [0.5, 0.6) is 0 Å². The van der Waals surface area contributed by atoms with Gasteiger partial charge in [-0.25, -0.2) is 0 Å². The lowest BCUT2D eigenvalue weighted by atomic mass is 9.78. The van der Waals surface area contributed by atoms with Gasteiger partial charge in [0.25, 0.3) is 5.91 Å². The van der Waals surface area contributed by atoms with Gasteiger partial charge in [0.2, 0.25) is 17.7 Å². The van der Waals surface area contributed by atoms with Crippen molar-refractivity contribution in [1.29, 1.82) is 0 Å². The zero-order valence-electron chi connectivity index (χ0n) is 27.4. The zero-order chi connectivity index (χ0) is 33.3. The van der Waals surface area contributed by atoms with Crippen molar-refractivity contribution in [3.05, 3.63) is 77.4 Å². The van der Waals surface area contributed by atoms with Gasteiger partial charge in [-0.1, -0.05) is 38.3 Å². The highest BCUT2D eigenvalue weighted by Crippen LogP contribution is 2.36. The van der Waals surface area contributed by atoms with Crippen molar-refractivity contribution in [2.75, 3.05) is 31.5 Å². The van der Waals surface area contributed by atoms with Gasteiger partial charge in [0.05, 0.1) is 11.6 Å². The van der Waals surface area contributed by atoms with Gasteiger partial charge in [0, 0.05) is 70.7 Å². The van der Waals surface area contributed by atoms with E-state index in [1.165, 1.54) is 10.2 Å². The number of anilines is 1. The molecule has 0 spiro atoms. The first-order chi connectivity index (χ1) is 22.7. The molecule has 12 nitrogen and oxygen atoms in total. The number of nitrogens with one attached hydrogen (secondary N) is 2. The van der Waals surface area contributed by atoms with Crippen LogP contribution in [0.1, 0.15) is 78.7 Å². The second kappa shape index (κ2) is 15.8. The molecule has 2 aliphatic rings. The number of nitrogens with two attached hydrogens (primary N) is 1. The average molecular weight is 643 g/mol. The summed E-state index contributed by atoms with van der Waals surface area (Å²) in [5.74, 6) is -1.42. The number of nitrogens with zero attached hydrogens (tertiary/aromatic N) is 5. The summed E-state index contributed by atoms with van der Waals surface area (Å²) < 4.78 is 1.44. The lowest BCUT2D eigenvalue weighted by Gasteiger charge is -2.36. The van der Waals surface area contributed by atoms with E-state index >= 15 is 0 Å². The fourth-order valence-electron chi connectivity index (χ4n) is 6.70. The lowest BCUT2D eigenvalue weighted by Crippen LogP contribution is -2.55. The van der Waals surface area contributed by atoms with Crippen LogP contribution >= 0.6 is 0 Å². The highest BCUT2D eigenvalue weighted by atomic mass is 16.2. The van der Waals surface area contributed by atoms with Gasteiger partial charge in [-0.3, -0.25) is 33.7 Å². The first-order valence-corrected chi connectivity index (χ1v) is 16.6. The third-order valence-electron chi connectivity index (χ3n) is 9.33. The van der Waals surface area contributed by atoms with E-state index in [0.29, 0.717) is 30.9 Å². The third-order valence-corrected chi connectivity index (χ3v) is 9.33. The second-order valence-electron chi connectivity index (χ2n) is 12.6. The van der Waals surface area contributed by atoms with Crippen LogP contribution in [-0.2, 0) is 34.4 Å². The number of aromatic nitrogens is 3. The number of hydrogen-bond acceptors (Lipinski definition) is 7. The van der Waals surface area contributed by atoms with Crippen LogP contribution in [0.3, 0.4) is 0 Å². The molecule has 1 aromatic carbocycles. The minimum atomic E-state index is -0.686. The van der Waals surface area contributed by atoms with Gasteiger partial charge in [0.1, 0.15) is 11.7 Å². The number of pyridine rings is 1. The number of rotatable bonds is 12. The van der Waals surface area contributed by atoms with E-state index in [0.717, 1.165) is 57.3 Å². The maximum atomic E-state index is 13.7. The van der Waals surface area contributed by atoms with Gasteiger partial charge in [-0.2, -0.15) is 5.10 Å². The summed E-state index contributed by atoms with van der Waals surface area (Å²) in [6.45, 7) is 5.26. The Balaban J connectivity index is 1.23. The Kier molecular flexibility index (Phi) is 11.4. The van der Waals surface area contributed by atoms with Crippen LogP contribution < -0.4 is 16.4 Å². The normalized spacial score (nSPS) is 17.1. The zero-order valence-corrected chi connectivity index (χ0v) is 27.4. The van der Waals surface area contributed by atoms with E-state index < -0.39 is 17.9 Å². The third kappa shape index (κ3) is 8.82. The monoisotopic (exact) mass is 642 g/mol.